The molecule has 0 saturated carbocycles. The third-order valence-corrected chi connectivity index (χ3v) is 6.60. The summed E-state index contributed by atoms with van der Waals surface area (Å²) >= 11 is 1.66. The topological polar surface area (TPSA) is 57.3 Å². The van der Waals surface area contributed by atoms with Crippen LogP contribution in [0.2, 0.25) is 0 Å². The van der Waals surface area contributed by atoms with E-state index in [9.17, 15) is 4.79 Å². The molecule has 2 aliphatic heterocycles. The fourth-order valence-electron chi connectivity index (χ4n) is 4.19. The number of hydrogen-bond acceptors (Lipinski definition) is 4. The van der Waals surface area contributed by atoms with E-state index in [-0.39, 0.29) is 6.03 Å². The predicted octanol–water partition coefficient (Wildman–Crippen LogP) is 3.85. The quantitative estimate of drug-likeness (QED) is 0.857. The lowest BCUT2D eigenvalue weighted by Crippen LogP contribution is -2.64. The van der Waals surface area contributed by atoms with Gasteiger partial charge in [-0.25, -0.2) is 9.78 Å². The molecule has 1 unspecified atom stereocenters. The van der Waals surface area contributed by atoms with E-state index < -0.39 is 0 Å². The van der Waals surface area contributed by atoms with E-state index in [0.717, 1.165) is 53.4 Å². The first kappa shape index (κ1) is 16.8. The van der Waals surface area contributed by atoms with Crippen LogP contribution in [0.4, 0.5) is 10.5 Å². The molecule has 4 rings (SSSR count). The maximum atomic E-state index is 12.6. The van der Waals surface area contributed by atoms with Gasteiger partial charge in [-0.3, -0.25) is 0 Å². The molecule has 0 aliphatic carbocycles. The highest BCUT2D eigenvalue weighted by Gasteiger charge is 2.43. The lowest BCUT2D eigenvalue weighted by atomic mass is 9.68. The van der Waals surface area contributed by atoms with E-state index in [2.05, 4.69) is 29.5 Å². The van der Waals surface area contributed by atoms with Crippen LogP contribution in [0.25, 0.3) is 10.2 Å². The number of urea groups is 1. The SMILES string of the molecule is Cc1nc2ccc(NC(=O)N3CCC(C4NCC4(C)C)CC3)cc2s1. The third-order valence-electron chi connectivity index (χ3n) is 5.66. The number of nitrogens with one attached hydrogen (secondary N) is 2. The van der Waals surface area contributed by atoms with Gasteiger partial charge < -0.3 is 15.5 Å². The van der Waals surface area contributed by atoms with Gasteiger partial charge in [-0.05, 0) is 49.3 Å². The van der Waals surface area contributed by atoms with Crippen molar-refractivity contribution in [2.24, 2.45) is 11.3 Å². The molecule has 2 amide bonds. The maximum absolute atomic E-state index is 12.6. The molecule has 6 heteroatoms. The number of hydrogen-bond donors (Lipinski definition) is 2. The highest BCUT2D eigenvalue weighted by atomic mass is 32.1. The minimum Gasteiger partial charge on any atom is -0.325 e. The standard InChI is InChI=1S/C19H26N4OS/c1-12-21-15-5-4-14(10-16(15)25-12)22-18(24)23-8-6-13(7-9-23)17-19(2,3)11-20-17/h4-5,10,13,17,20H,6-9,11H2,1-3H3,(H,22,24). The van der Waals surface area contributed by atoms with Crippen molar-refractivity contribution in [1.29, 1.82) is 0 Å². The van der Waals surface area contributed by atoms with Gasteiger partial charge in [-0.2, -0.15) is 0 Å². The summed E-state index contributed by atoms with van der Waals surface area (Å²) in [6.45, 7) is 9.47. The summed E-state index contributed by atoms with van der Waals surface area (Å²) < 4.78 is 1.12. The summed E-state index contributed by atoms with van der Waals surface area (Å²) in [5.74, 6) is 0.685. The number of nitrogens with zero attached hydrogens (tertiary/aromatic N) is 2. The Balaban J connectivity index is 1.35. The number of likely N-dealkylation sites (tertiary alicyclic amines) is 1. The van der Waals surface area contributed by atoms with E-state index in [1.54, 1.807) is 11.3 Å². The molecule has 0 bridgehead atoms. The molecule has 0 spiro atoms. The number of piperidine rings is 1. The maximum Gasteiger partial charge on any atom is 0.321 e. The number of carbonyl (C=O) groups excluding carboxylic acids is 1. The zero-order valence-electron chi connectivity index (χ0n) is 15.1. The number of carbonyl (C=O) groups is 1. The van der Waals surface area contributed by atoms with Crippen LogP contribution in [0.3, 0.4) is 0 Å². The van der Waals surface area contributed by atoms with Gasteiger partial charge in [0.2, 0.25) is 0 Å². The van der Waals surface area contributed by atoms with E-state index in [1.165, 1.54) is 0 Å². The molecule has 2 saturated heterocycles. The average Bonchev–Trinajstić information content (AvgIpc) is 2.94. The number of thiazole rings is 1. The summed E-state index contributed by atoms with van der Waals surface area (Å²) in [6.07, 6.45) is 2.17. The van der Waals surface area contributed by atoms with Crippen LogP contribution in [0.5, 0.6) is 0 Å². The van der Waals surface area contributed by atoms with Crippen LogP contribution in [-0.4, -0.2) is 41.6 Å². The highest BCUT2D eigenvalue weighted by Crippen LogP contribution is 2.37. The Morgan fingerprint density at radius 3 is 2.76 bits per heavy atom. The van der Waals surface area contributed by atoms with Crippen LogP contribution in [0, 0.1) is 18.3 Å². The first-order valence-electron chi connectivity index (χ1n) is 9.09. The van der Waals surface area contributed by atoms with Crippen molar-refractivity contribution in [3.63, 3.8) is 0 Å². The summed E-state index contributed by atoms with van der Waals surface area (Å²) in [7, 11) is 0. The van der Waals surface area contributed by atoms with Gasteiger partial charge in [0.05, 0.1) is 15.2 Å². The summed E-state index contributed by atoms with van der Waals surface area (Å²) in [6, 6.07) is 6.55. The van der Waals surface area contributed by atoms with Crippen molar-refractivity contribution in [1.82, 2.24) is 15.2 Å². The molecule has 1 aromatic heterocycles. The van der Waals surface area contributed by atoms with Gasteiger partial charge in [-0.15, -0.1) is 11.3 Å². The number of rotatable bonds is 2. The Morgan fingerprint density at radius 1 is 1.36 bits per heavy atom. The molecule has 2 fully saturated rings. The molecule has 25 heavy (non-hydrogen) atoms. The van der Waals surface area contributed by atoms with Gasteiger partial charge in [0.25, 0.3) is 0 Å². The molecule has 5 nitrogen and oxygen atoms in total. The van der Waals surface area contributed by atoms with Crippen molar-refractivity contribution >= 4 is 33.3 Å². The van der Waals surface area contributed by atoms with Gasteiger partial charge in [0.1, 0.15) is 0 Å². The van der Waals surface area contributed by atoms with E-state index in [1.807, 2.05) is 30.0 Å². The van der Waals surface area contributed by atoms with Crippen molar-refractivity contribution in [2.45, 2.75) is 39.7 Å². The number of aromatic nitrogens is 1. The molecule has 2 N–H and O–H groups in total. The minimum atomic E-state index is 0.0138. The first-order valence-corrected chi connectivity index (χ1v) is 9.90. The minimum absolute atomic E-state index is 0.0138. The molecule has 1 aromatic carbocycles. The lowest BCUT2D eigenvalue weighted by Gasteiger charge is -2.51. The second kappa shape index (κ2) is 6.25. The smallest absolute Gasteiger partial charge is 0.321 e. The first-order chi connectivity index (χ1) is 11.9. The Labute approximate surface area is 152 Å². The second-order valence-electron chi connectivity index (χ2n) is 8.02. The van der Waals surface area contributed by atoms with Crippen LogP contribution in [0.15, 0.2) is 18.2 Å². The number of amides is 2. The molecule has 134 valence electrons. The number of benzene rings is 1. The zero-order valence-corrected chi connectivity index (χ0v) is 15.9. The Hall–Kier alpha value is -1.66. The van der Waals surface area contributed by atoms with Crippen molar-refractivity contribution < 1.29 is 4.79 Å². The van der Waals surface area contributed by atoms with Gasteiger partial charge >= 0.3 is 6.03 Å². The lowest BCUT2D eigenvalue weighted by molar-refractivity contribution is 0.0469. The van der Waals surface area contributed by atoms with E-state index in [4.69, 9.17) is 0 Å². The van der Waals surface area contributed by atoms with Gasteiger partial charge in [0, 0.05) is 31.4 Å². The van der Waals surface area contributed by atoms with Crippen molar-refractivity contribution in [3.8, 4) is 0 Å². The fraction of sp³-hybridized carbons (Fsp3) is 0.579. The molecule has 0 radical (unpaired) electrons. The Morgan fingerprint density at radius 2 is 2.12 bits per heavy atom. The Kier molecular flexibility index (Phi) is 4.20. The monoisotopic (exact) mass is 358 g/mol. The fourth-order valence-corrected chi connectivity index (χ4v) is 5.06. The molecule has 2 aliphatic rings. The second-order valence-corrected chi connectivity index (χ2v) is 9.25. The van der Waals surface area contributed by atoms with Gasteiger partial charge in [-0.1, -0.05) is 13.8 Å². The average molecular weight is 359 g/mol. The predicted molar refractivity (Wildman–Crippen MR) is 103 cm³/mol. The van der Waals surface area contributed by atoms with Crippen molar-refractivity contribution in [3.05, 3.63) is 23.2 Å². The number of fused-ring (bicyclic) bond motifs is 1. The largest absolute Gasteiger partial charge is 0.325 e. The third kappa shape index (κ3) is 3.25. The van der Waals surface area contributed by atoms with Gasteiger partial charge in [0.15, 0.2) is 0 Å². The summed E-state index contributed by atoms with van der Waals surface area (Å²) in [5.41, 5.74) is 2.25. The Bertz CT molecular complexity index is 792. The molecule has 1 atom stereocenters. The molecule has 2 aromatic rings. The molecular formula is C19H26N4OS. The van der Waals surface area contributed by atoms with Crippen LogP contribution < -0.4 is 10.6 Å². The van der Waals surface area contributed by atoms with E-state index >= 15 is 0 Å². The molecular weight excluding hydrogens is 332 g/mol. The number of anilines is 1. The van der Waals surface area contributed by atoms with Crippen LogP contribution >= 0.6 is 11.3 Å². The summed E-state index contributed by atoms with van der Waals surface area (Å²) in [5, 5.41) is 7.69. The van der Waals surface area contributed by atoms with Crippen LogP contribution in [-0.2, 0) is 0 Å². The number of aryl methyl sites for hydroxylation is 1. The van der Waals surface area contributed by atoms with Crippen molar-refractivity contribution in [2.75, 3.05) is 25.0 Å². The highest BCUT2D eigenvalue weighted by molar-refractivity contribution is 7.18. The van der Waals surface area contributed by atoms with Crippen LogP contribution in [0.1, 0.15) is 31.7 Å². The zero-order chi connectivity index (χ0) is 17.6. The molecule has 3 heterocycles. The normalized spacial score (nSPS) is 23.5. The summed E-state index contributed by atoms with van der Waals surface area (Å²) in [4.78, 5) is 19.0. The van der Waals surface area contributed by atoms with E-state index in [0.29, 0.717) is 17.4 Å².